The molecule has 2 aliphatic heterocycles. The molecule has 13 heteroatoms. The molecule has 1 aromatic carbocycles. The van der Waals surface area contributed by atoms with Crippen molar-refractivity contribution in [2.75, 3.05) is 24.5 Å². The molecule has 0 N–H and O–H groups in total. The summed E-state index contributed by atoms with van der Waals surface area (Å²) in [6.07, 6.45) is 2.58. The van der Waals surface area contributed by atoms with Gasteiger partial charge in [0, 0.05) is 37.3 Å². The third kappa shape index (κ3) is 5.74. The lowest BCUT2D eigenvalue weighted by atomic mass is 9.79. The van der Waals surface area contributed by atoms with Gasteiger partial charge in [0.2, 0.25) is 10.0 Å². The van der Waals surface area contributed by atoms with Gasteiger partial charge < -0.3 is 23.8 Å². The van der Waals surface area contributed by atoms with Crippen molar-refractivity contribution in [1.82, 2.24) is 18.8 Å². The first-order valence-electron chi connectivity index (χ1n) is 14.2. The van der Waals surface area contributed by atoms with Gasteiger partial charge in [0.15, 0.2) is 5.65 Å². The zero-order chi connectivity index (χ0) is 30.7. The number of carbonyl (C=O) groups excluding carboxylic acids is 1. The summed E-state index contributed by atoms with van der Waals surface area (Å²) >= 11 is 0. The van der Waals surface area contributed by atoms with E-state index < -0.39 is 33.9 Å². The molecule has 0 unspecified atom stereocenters. The van der Waals surface area contributed by atoms with Gasteiger partial charge in [0.25, 0.3) is 0 Å². The van der Waals surface area contributed by atoms with Gasteiger partial charge in [-0.2, -0.15) is 0 Å². The van der Waals surface area contributed by atoms with Gasteiger partial charge in [-0.15, -0.1) is 0 Å². The highest BCUT2D eigenvalue weighted by atomic mass is 32.2. The molecule has 2 saturated heterocycles. The normalized spacial score (nSPS) is 20.8. The number of fused-ring (bicyclic) bond motifs is 1. The highest BCUT2D eigenvalue weighted by molar-refractivity contribution is 7.89. The topological polar surface area (TPSA) is 116 Å². The number of hydrogen-bond donors (Lipinski definition) is 0. The maximum absolute atomic E-state index is 13.8. The Morgan fingerprint density at radius 2 is 1.71 bits per heavy atom. The second-order valence-electron chi connectivity index (χ2n) is 13.1. The van der Waals surface area contributed by atoms with Crippen molar-refractivity contribution in [1.29, 1.82) is 0 Å². The summed E-state index contributed by atoms with van der Waals surface area (Å²) in [6, 6.07) is 8.86. The Balaban J connectivity index is 1.57. The molecule has 0 spiro atoms. The molecule has 5 rings (SSSR count). The zero-order valence-electron chi connectivity index (χ0n) is 25.6. The van der Waals surface area contributed by atoms with E-state index in [2.05, 4.69) is 14.9 Å². The van der Waals surface area contributed by atoms with Crippen LogP contribution in [0.1, 0.15) is 61.0 Å². The van der Waals surface area contributed by atoms with E-state index in [0.717, 1.165) is 0 Å². The second-order valence-corrected chi connectivity index (χ2v) is 14.9. The summed E-state index contributed by atoms with van der Waals surface area (Å²) in [5.41, 5.74) is -0.422. The fraction of sp³-hybridized carbons (Fsp3) is 0.552. The number of benzene rings is 1. The molecule has 2 fully saturated rings. The lowest BCUT2D eigenvalue weighted by Crippen LogP contribution is -2.55. The lowest BCUT2D eigenvalue weighted by molar-refractivity contribution is 0.00578. The van der Waals surface area contributed by atoms with Crippen molar-refractivity contribution in [2.45, 2.75) is 84.0 Å². The maximum atomic E-state index is 13.8. The molecule has 0 aliphatic carbocycles. The fourth-order valence-corrected chi connectivity index (χ4v) is 6.67. The van der Waals surface area contributed by atoms with Crippen molar-refractivity contribution in [2.24, 2.45) is 0 Å². The highest BCUT2D eigenvalue weighted by Crippen LogP contribution is 2.38. The SMILES string of the molecule is C[C@@H]1CN(c2ncnc3c2c(B2OC(C)(C)C(C)(C)O2)cn3S(=O)(=O)Cc2ccccc2)CCN1C(=O)OC(C)(C)C. The molecule has 1 amide bonds. The van der Waals surface area contributed by atoms with E-state index in [9.17, 15) is 13.2 Å². The van der Waals surface area contributed by atoms with E-state index in [4.69, 9.17) is 14.0 Å². The number of carbonyl (C=O) groups is 1. The van der Waals surface area contributed by atoms with Crippen LogP contribution in [0.25, 0.3) is 11.0 Å². The Labute approximate surface area is 248 Å². The van der Waals surface area contributed by atoms with E-state index in [1.54, 1.807) is 23.2 Å². The van der Waals surface area contributed by atoms with Crippen LogP contribution in [0.4, 0.5) is 10.6 Å². The van der Waals surface area contributed by atoms with Crippen LogP contribution in [0.3, 0.4) is 0 Å². The molecule has 2 aliphatic rings. The first kappa shape index (κ1) is 30.3. The maximum Gasteiger partial charge on any atom is 0.497 e. The number of amides is 1. The predicted molar refractivity (Wildman–Crippen MR) is 162 cm³/mol. The largest absolute Gasteiger partial charge is 0.497 e. The summed E-state index contributed by atoms with van der Waals surface area (Å²) in [4.78, 5) is 25.7. The highest BCUT2D eigenvalue weighted by Gasteiger charge is 2.53. The van der Waals surface area contributed by atoms with Gasteiger partial charge in [0.1, 0.15) is 17.7 Å². The van der Waals surface area contributed by atoms with Crippen LogP contribution in [0.5, 0.6) is 0 Å². The summed E-state index contributed by atoms with van der Waals surface area (Å²) in [6.45, 7) is 16.7. The van der Waals surface area contributed by atoms with Crippen LogP contribution >= 0.6 is 0 Å². The third-order valence-electron chi connectivity index (χ3n) is 8.11. The molecule has 3 aromatic rings. The lowest BCUT2D eigenvalue weighted by Gasteiger charge is -2.40. The van der Waals surface area contributed by atoms with Crippen molar-refractivity contribution >= 4 is 45.5 Å². The van der Waals surface area contributed by atoms with Gasteiger partial charge in [-0.1, -0.05) is 30.3 Å². The minimum Gasteiger partial charge on any atom is -0.444 e. The number of aromatic nitrogens is 3. The molecule has 1 atom stereocenters. The van der Waals surface area contributed by atoms with Crippen LogP contribution in [0.2, 0.25) is 0 Å². The van der Waals surface area contributed by atoms with Crippen LogP contribution < -0.4 is 10.4 Å². The van der Waals surface area contributed by atoms with Gasteiger partial charge in [-0.25, -0.2) is 27.2 Å². The standard InChI is InChI=1S/C29H40BN5O6S/c1-20-16-33(14-15-34(20)26(36)39-27(2,3)4)24-23-22(30-40-28(5,6)29(7,8)41-30)17-35(25(23)32-19-31-24)42(37,38)18-21-12-10-9-11-13-21/h9-13,17,19-20H,14-16,18H2,1-8H3/t20-/m1/s1. The minimum atomic E-state index is -3.87. The number of rotatable bonds is 5. The Kier molecular flexibility index (Phi) is 7.60. The Morgan fingerprint density at radius 1 is 1.07 bits per heavy atom. The number of hydrogen-bond acceptors (Lipinski definition) is 9. The molecule has 226 valence electrons. The minimum absolute atomic E-state index is 0.178. The van der Waals surface area contributed by atoms with Crippen LogP contribution in [-0.4, -0.2) is 82.9 Å². The number of anilines is 1. The van der Waals surface area contributed by atoms with E-state index in [-0.39, 0.29) is 23.5 Å². The van der Waals surface area contributed by atoms with Crippen molar-refractivity contribution in [3.8, 4) is 0 Å². The van der Waals surface area contributed by atoms with E-state index in [1.807, 2.05) is 73.6 Å². The van der Waals surface area contributed by atoms with Gasteiger partial charge in [-0.3, -0.25) is 0 Å². The number of nitrogens with zero attached hydrogens (tertiary/aromatic N) is 5. The zero-order valence-corrected chi connectivity index (χ0v) is 26.4. The van der Waals surface area contributed by atoms with Crippen molar-refractivity contribution in [3.63, 3.8) is 0 Å². The average molecular weight is 598 g/mol. The predicted octanol–water partition coefficient (Wildman–Crippen LogP) is 3.55. The second kappa shape index (κ2) is 10.5. The number of piperazine rings is 1. The summed E-state index contributed by atoms with van der Waals surface area (Å²) < 4.78 is 47.3. The number of ether oxygens (including phenoxy) is 1. The van der Waals surface area contributed by atoms with Gasteiger partial charge >= 0.3 is 13.2 Å². The average Bonchev–Trinajstić information content (AvgIpc) is 3.37. The Morgan fingerprint density at radius 3 is 2.31 bits per heavy atom. The Bertz CT molecular complexity index is 1570. The van der Waals surface area contributed by atoms with Gasteiger partial charge in [-0.05, 0) is 61.0 Å². The monoisotopic (exact) mass is 597 g/mol. The van der Waals surface area contributed by atoms with Crippen LogP contribution in [0.15, 0.2) is 42.9 Å². The molecule has 11 nitrogen and oxygen atoms in total. The van der Waals surface area contributed by atoms with Crippen molar-refractivity contribution in [3.05, 3.63) is 48.4 Å². The van der Waals surface area contributed by atoms with Crippen molar-refractivity contribution < 1.29 is 27.3 Å². The first-order chi connectivity index (χ1) is 19.5. The molecule has 0 radical (unpaired) electrons. The quantitative estimate of drug-likeness (QED) is 0.407. The third-order valence-corrected chi connectivity index (χ3v) is 9.69. The summed E-state index contributed by atoms with van der Waals surface area (Å²) in [5.74, 6) is 0.361. The molecule has 0 saturated carbocycles. The van der Waals surface area contributed by atoms with E-state index in [1.165, 1.54) is 10.3 Å². The van der Waals surface area contributed by atoms with Crippen LogP contribution in [0, 0.1) is 0 Å². The first-order valence-corrected chi connectivity index (χ1v) is 15.8. The van der Waals surface area contributed by atoms with E-state index >= 15 is 0 Å². The van der Waals surface area contributed by atoms with Gasteiger partial charge in [0.05, 0.1) is 22.3 Å². The summed E-state index contributed by atoms with van der Waals surface area (Å²) in [5, 5.41) is 0.547. The molecular weight excluding hydrogens is 557 g/mol. The molecule has 2 aromatic heterocycles. The molecular formula is C29H40BN5O6S. The smallest absolute Gasteiger partial charge is 0.444 e. The van der Waals surface area contributed by atoms with Crippen LogP contribution in [-0.2, 0) is 29.8 Å². The molecule has 4 heterocycles. The molecule has 0 bridgehead atoms. The fourth-order valence-electron chi connectivity index (χ4n) is 5.24. The Hall–Kier alpha value is -3.16. The van der Waals surface area contributed by atoms with E-state index in [0.29, 0.717) is 41.9 Å². The summed E-state index contributed by atoms with van der Waals surface area (Å²) in [7, 11) is -4.71. The molecule has 42 heavy (non-hydrogen) atoms.